The summed E-state index contributed by atoms with van der Waals surface area (Å²) in [5.41, 5.74) is 3.67. The van der Waals surface area contributed by atoms with Gasteiger partial charge in [-0.25, -0.2) is 9.37 Å². The van der Waals surface area contributed by atoms with E-state index < -0.39 is 22.3 Å². The lowest BCUT2D eigenvalue weighted by Crippen LogP contribution is -2.46. The number of anilines is 1. The van der Waals surface area contributed by atoms with Crippen LogP contribution in [0.15, 0.2) is 18.2 Å². The predicted molar refractivity (Wildman–Crippen MR) is 128 cm³/mol. The third-order valence-electron chi connectivity index (χ3n) is 6.78. The summed E-state index contributed by atoms with van der Waals surface area (Å²) in [6.45, 7) is 11.7. The minimum Gasteiger partial charge on any atom is -0.461 e. The molecule has 0 bridgehead atoms. The molecule has 0 aliphatic carbocycles. The van der Waals surface area contributed by atoms with Crippen LogP contribution >= 0.6 is 0 Å². The van der Waals surface area contributed by atoms with Gasteiger partial charge >= 0.3 is 0 Å². The second kappa shape index (κ2) is 9.22. The molecule has 1 fully saturated rings. The Morgan fingerprint density at radius 1 is 1.00 bits per heavy atom. The Bertz CT molecular complexity index is 1180. The van der Waals surface area contributed by atoms with Crippen molar-refractivity contribution in [3.63, 3.8) is 0 Å². The maximum absolute atomic E-state index is 14.5. The summed E-state index contributed by atoms with van der Waals surface area (Å²) in [5.74, 6) is -1.34. The van der Waals surface area contributed by atoms with Crippen LogP contribution in [0, 0.1) is 15.9 Å². The number of piperazine rings is 1. The van der Waals surface area contributed by atoms with Gasteiger partial charge in [0.2, 0.25) is 5.79 Å². The molecule has 1 aromatic carbocycles. The molecule has 36 heavy (non-hydrogen) atoms. The molecule has 1 aromatic heterocycles. The molecule has 0 saturated carbocycles. The number of rotatable bonds is 4. The summed E-state index contributed by atoms with van der Waals surface area (Å²) < 4.78 is 38.6. The first-order valence-corrected chi connectivity index (χ1v) is 12.1. The van der Waals surface area contributed by atoms with Crippen molar-refractivity contribution in [3.05, 3.63) is 56.6 Å². The van der Waals surface area contributed by atoms with E-state index in [2.05, 4.69) is 4.90 Å². The van der Waals surface area contributed by atoms with Crippen LogP contribution in [0.25, 0.3) is 0 Å². The summed E-state index contributed by atoms with van der Waals surface area (Å²) in [6.07, 6.45) is 0. The highest BCUT2D eigenvalue weighted by Crippen LogP contribution is 2.39. The maximum Gasteiger partial charge on any atom is 0.272 e. The van der Waals surface area contributed by atoms with Crippen molar-refractivity contribution in [1.82, 2.24) is 9.88 Å². The molecule has 194 valence electrons. The smallest absolute Gasteiger partial charge is 0.272 e. The van der Waals surface area contributed by atoms with E-state index in [0.717, 1.165) is 34.3 Å². The van der Waals surface area contributed by atoms with Crippen molar-refractivity contribution in [3.8, 4) is 5.75 Å². The number of non-ortho nitro benzene ring substituents is 1. The third kappa shape index (κ3) is 5.01. The number of hydrogen-bond donors (Lipinski definition) is 0. The summed E-state index contributed by atoms with van der Waals surface area (Å²) >= 11 is 0. The largest absolute Gasteiger partial charge is 0.461 e. The molecule has 1 saturated heterocycles. The van der Waals surface area contributed by atoms with Crippen molar-refractivity contribution in [2.24, 2.45) is 0 Å². The highest BCUT2D eigenvalue weighted by Gasteiger charge is 2.36. The van der Waals surface area contributed by atoms with Gasteiger partial charge in [0.1, 0.15) is 0 Å². The minimum absolute atomic E-state index is 0.251. The molecule has 3 aliphatic heterocycles. The second-order valence-electron chi connectivity index (χ2n) is 10.2. The summed E-state index contributed by atoms with van der Waals surface area (Å²) in [7, 11) is 0. The molecule has 4 heterocycles. The van der Waals surface area contributed by atoms with Crippen molar-refractivity contribution >= 4 is 11.4 Å². The molecular weight excluding hydrogens is 471 g/mol. The zero-order valence-corrected chi connectivity index (χ0v) is 21.0. The molecule has 3 aliphatic rings. The van der Waals surface area contributed by atoms with Crippen LogP contribution in [0.3, 0.4) is 0 Å². The predicted octanol–water partition coefficient (Wildman–Crippen LogP) is 3.88. The third-order valence-corrected chi connectivity index (χ3v) is 6.78. The number of nitro benzene ring substituents is 1. The first kappa shape index (κ1) is 24.8. The molecule has 0 unspecified atom stereocenters. The topological polar surface area (TPSA) is 99.4 Å². The van der Waals surface area contributed by atoms with Gasteiger partial charge in [-0.2, -0.15) is 0 Å². The Morgan fingerprint density at radius 3 is 2.36 bits per heavy atom. The molecule has 11 heteroatoms. The second-order valence-corrected chi connectivity index (χ2v) is 10.2. The van der Waals surface area contributed by atoms with Gasteiger partial charge in [-0.1, -0.05) is 0 Å². The Hall–Kier alpha value is -2.86. The van der Waals surface area contributed by atoms with Crippen LogP contribution in [0.4, 0.5) is 15.8 Å². The Kier molecular flexibility index (Phi) is 6.36. The van der Waals surface area contributed by atoms with Crippen molar-refractivity contribution < 1.29 is 28.3 Å². The molecule has 10 nitrogen and oxygen atoms in total. The van der Waals surface area contributed by atoms with E-state index in [4.69, 9.17) is 23.9 Å². The van der Waals surface area contributed by atoms with Gasteiger partial charge in [0.25, 0.3) is 5.69 Å². The fraction of sp³-hybridized carbons (Fsp3) is 0.560. The van der Waals surface area contributed by atoms with Crippen LogP contribution in [0.1, 0.15) is 50.2 Å². The number of nitrogens with zero attached hydrogens (tertiary/aromatic N) is 4. The van der Waals surface area contributed by atoms with E-state index in [9.17, 15) is 14.5 Å². The fourth-order valence-corrected chi connectivity index (χ4v) is 4.71. The number of ether oxygens (including phenoxy) is 4. The zero-order chi connectivity index (χ0) is 25.7. The van der Waals surface area contributed by atoms with Crippen LogP contribution in [0.5, 0.6) is 5.75 Å². The Balaban J connectivity index is 1.35. The number of nitro groups is 1. The number of halogens is 1. The van der Waals surface area contributed by atoms with E-state index in [1.165, 1.54) is 12.1 Å². The van der Waals surface area contributed by atoms with Gasteiger partial charge in [0.15, 0.2) is 17.4 Å². The minimum atomic E-state index is -0.773. The van der Waals surface area contributed by atoms with Crippen LogP contribution in [-0.4, -0.2) is 52.6 Å². The molecule has 5 rings (SSSR count). The number of fused-ring (bicyclic) bond motifs is 3. The lowest BCUT2D eigenvalue weighted by Gasteiger charge is -2.38. The number of benzene rings is 1. The van der Waals surface area contributed by atoms with Gasteiger partial charge in [-0.15, -0.1) is 0 Å². The van der Waals surface area contributed by atoms with Gasteiger partial charge in [0, 0.05) is 63.8 Å². The first-order valence-electron chi connectivity index (χ1n) is 12.1. The van der Waals surface area contributed by atoms with Crippen molar-refractivity contribution in [1.29, 1.82) is 0 Å². The molecule has 0 amide bonds. The number of hydrogen-bond acceptors (Lipinski definition) is 9. The van der Waals surface area contributed by atoms with Gasteiger partial charge in [-0.05, 0) is 19.9 Å². The zero-order valence-electron chi connectivity index (χ0n) is 21.0. The normalized spacial score (nSPS) is 21.2. The molecule has 0 atom stereocenters. The van der Waals surface area contributed by atoms with Crippen molar-refractivity contribution in [2.75, 3.05) is 31.1 Å². The monoisotopic (exact) mass is 502 g/mol. The van der Waals surface area contributed by atoms with Crippen LogP contribution < -0.4 is 9.64 Å². The molecule has 0 N–H and O–H groups in total. The SMILES string of the molecule is CC1(C)OCc2nc(CN3CCN(c4ccc([N+](=O)[O-])cc4F)CC3)c3c(c2CO1)COC(C)(C)O3. The van der Waals surface area contributed by atoms with E-state index >= 15 is 0 Å². The van der Waals surface area contributed by atoms with Crippen LogP contribution in [0.2, 0.25) is 0 Å². The van der Waals surface area contributed by atoms with Gasteiger partial charge in [-0.3, -0.25) is 15.0 Å². The standard InChI is InChI=1S/C25H31FN4O6/c1-24(2)33-13-17-18-14-34-25(3,4)36-23(18)20(27-21(17)15-35-24)12-28-7-9-29(10-8-28)22-6-5-16(30(31)32)11-19(22)26/h5-6,11H,7-10,12-15H2,1-4H3. The van der Waals surface area contributed by atoms with Crippen molar-refractivity contribution in [2.45, 2.75) is 65.6 Å². The molecule has 0 spiro atoms. The molecule has 0 radical (unpaired) electrons. The Morgan fingerprint density at radius 2 is 1.67 bits per heavy atom. The van der Waals surface area contributed by atoms with Crippen LogP contribution in [-0.2, 0) is 40.6 Å². The van der Waals surface area contributed by atoms with E-state index in [0.29, 0.717) is 58.2 Å². The Labute approximate surface area is 209 Å². The number of aromatic nitrogens is 1. The first-order chi connectivity index (χ1) is 17.0. The highest BCUT2D eigenvalue weighted by molar-refractivity contribution is 5.53. The fourth-order valence-electron chi connectivity index (χ4n) is 4.71. The lowest BCUT2D eigenvalue weighted by molar-refractivity contribution is -0.385. The maximum atomic E-state index is 14.5. The average Bonchev–Trinajstić information content (AvgIpc) is 2.97. The lowest BCUT2D eigenvalue weighted by atomic mass is 10.0. The van der Waals surface area contributed by atoms with Gasteiger partial charge < -0.3 is 23.8 Å². The molecular formula is C25H31FN4O6. The van der Waals surface area contributed by atoms with E-state index in [1.807, 2.05) is 32.6 Å². The number of pyridine rings is 1. The molecule has 2 aromatic rings. The van der Waals surface area contributed by atoms with Gasteiger partial charge in [0.05, 0.1) is 47.9 Å². The summed E-state index contributed by atoms with van der Waals surface area (Å²) in [6, 6.07) is 3.79. The average molecular weight is 503 g/mol. The quantitative estimate of drug-likeness (QED) is 0.456. The highest BCUT2D eigenvalue weighted by atomic mass is 19.1. The summed E-state index contributed by atoms with van der Waals surface area (Å²) in [4.78, 5) is 19.5. The van der Waals surface area contributed by atoms with E-state index in [-0.39, 0.29) is 5.69 Å². The summed E-state index contributed by atoms with van der Waals surface area (Å²) in [5, 5.41) is 10.9. The van der Waals surface area contributed by atoms with E-state index in [1.54, 1.807) is 0 Å².